The molecule has 0 aliphatic carbocycles. The van der Waals surface area contributed by atoms with Crippen molar-refractivity contribution in [2.24, 2.45) is 10.2 Å². The van der Waals surface area contributed by atoms with Gasteiger partial charge < -0.3 is 31.1 Å². The van der Waals surface area contributed by atoms with Crippen LogP contribution in [0, 0.1) is 0 Å². The SMILES string of the molecule is CCN(C)c1ccc(N)cc1.CCN(C)c1ccc(N=Nc2ccc3nc4ccc(N(CC)CC)cc4[n+](-c4ccccc4)c3c2)cc1.CCN(CC)c1ccc2nc3ccc(N)cc3[n+](-c3ccccc3)c2c1. The highest BCUT2D eigenvalue weighted by molar-refractivity contribution is 5.87. The van der Waals surface area contributed by atoms with E-state index in [4.69, 9.17) is 21.4 Å². The van der Waals surface area contributed by atoms with Crippen LogP contribution in [0.15, 0.2) is 192 Å². The summed E-state index contributed by atoms with van der Waals surface area (Å²) in [5.41, 5.74) is 29.7. The molecule has 376 valence electrons. The van der Waals surface area contributed by atoms with Crippen LogP contribution >= 0.6 is 0 Å². The van der Waals surface area contributed by atoms with Crippen LogP contribution in [0.2, 0.25) is 0 Å². The van der Waals surface area contributed by atoms with Crippen molar-refractivity contribution in [2.75, 3.05) is 84.4 Å². The summed E-state index contributed by atoms with van der Waals surface area (Å²) in [7, 11) is 4.14. The molecule has 0 bridgehead atoms. The van der Waals surface area contributed by atoms with Crippen LogP contribution in [-0.4, -0.2) is 63.3 Å². The van der Waals surface area contributed by atoms with E-state index in [1.807, 2.05) is 78.9 Å². The minimum atomic E-state index is 0.739. The maximum atomic E-state index is 6.09. The number of hydrogen-bond donors (Lipinski definition) is 2. The third-order valence-corrected chi connectivity index (χ3v) is 13.5. The van der Waals surface area contributed by atoms with Gasteiger partial charge in [0.2, 0.25) is 33.4 Å². The molecule has 12 heteroatoms. The Labute approximate surface area is 436 Å². The molecule has 0 aliphatic heterocycles. The number of anilines is 6. The van der Waals surface area contributed by atoms with Crippen molar-refractivity contribution in [3.05, 3.63) is 182 Å². The highest BCUT2D eigenvalue weighted by atomic mass is 15.1. The van der Waals surface area contributed by atoms with E-state index in [1.165, 1.54) is 17.1 Å². The third-order valence-electron chi connectivity index (χ3n) is 13.5. The first kappa shape index (κ1) is 51.7. The summed E-state index contributed by atoms with van der Waals surface area (Å²) in [6.07, 6.45) is 0. The summed E-state index contributed by atoms with van der Waals surface area (Å²) >= 11 is 0. The second kappa shape index (κ2) is 24.2. The zero-order chi connectivity index (χ0) is 52.1. The Balaban J connectivity index is 0.000000170. The molecule has 4 N–H and O–H groups in total. The summed E-state index contributed by atoms with van der Waals surface area (Å²) in [6.45, 7) is 18.8. The van der Waals surface area contributed by atoms with Gasteiger partial charge in [-0.15, -0.1) is 9.13 Å². The molecule has 8 aromatic carbocycles. The van der Waals surface area contributed by atoms with Gasteiger partial charge in [0.25, 0.3) is 0 Å². The fraction of sp³-hybridized carbons (Fsp3) is 0.226. The van der Waals surface area contributed by atoms with Crippen LogP contribution < -0.4 is 40.2 Å². The molecule has 0 aliphatic rings. The average Bonchev–Trinajstić information content (AvgIpc) is 3.45. The van der Waals surface area contributed by atoms with Crippen LogP contribution in [-0.2, 0) is 0 Å². The zero-order valence-electron chi connectivity index (χ0n) is 44.2. The van der Waals surface area contributed by atoms with Gasteiger partial charge >= 0.3 is 0 Å². The van der Waals surface area contributed by atoms with Crippen molar-refractivity contribution in [3.63, 3.8) is 0 Å². The summed E-state index contributed by atoms with van der Waals surface area (Å²) in [5.74, 6) is 0. The fourth-order valence-electron chi connectivity index (χ4n) is 9.02. The molecule has 10 rings (SSSR count). The first-order valence-corrected chi connectivity index (χ1v) is 25.8. The lowest BCUT2D eigenvalue weighted by molar-refractivity contribution is -0.538. The van der Waals surface area contributed by atoms with Crippen LogP contribution in [0.5, 0.6) is 0 Å². The lowest BCUT2D eigenvalue weighted by atomic mass is 10.1. The van der Waals surface area contributed by atoms with Gasteiger partial charge in [-0.2, -0.15) is 10.2 Å². The topological polar surface area (TPSA) is 123 Å². The molecule has 2 heterocycles. The van der Waals surface area contributed by atoms with E-state index < -0.39 is 0 Å². The molecule has 0 saturated heterocycles. The Morgan fingerprint density at radius 3 is 1.16 bits per heavy atom. The Bertz CT molecular complexity index is 3470. The molecule has 12 nitrogen and oxygen atoms in total. The van der Waals surface area contributed by atoms with E-state index >= 15 is 0 Å². The number of azo groups is 1. The summed E-state index contributed by atoms with van der Waals surface area (Å²) in [5, 5.41) is 9.07. The minimum absolute atomic E-state index is 0.739. The largest absolute Gasteiger partial charge is 0.399 e. The number of hydrogen-bond acceptors (Lipinski definition) is 10. The number of nitrogen functional groups attached to an aromatic ring is 2. The van der Waals surface area contributed by atoms with Crippen molar-refractivity contribution in [2.45, 2.75) is 41.5 Å². The summed E-state index contributed by atoms with van der Waals surface area (Å²) < 4.78 is 4.53. The van der Waals surface area contributed by atoms with Crippen molar-refractivity contribution in [1.82, 2.24) is 9.97 Å². The van der Waals surface area contributed by atoms with Gasteiger partial charge in [-0.3, -0.25) is 0 Å². The molecule has 0 spiro atoms. The van der Waals surface area contributed by atoms with E-state index in [9.17, 15) is 0 Å². The van der Waals surface area contributed by atoms with Crippen LogP contribution in [0.4, 0.5) is 45.5 Å². The second-order valence-corrected chi connectivity index (χ2v) is 18.0. The fourth-order valence-corrected chi connectivity index (χ4v) is 9.02. The molecule has 74 heavy (non-hydrogen) atoms. The lowest BCUT2D eigenvalue weighted by Crippen LogP contribution is -2.33. The van der Waals surface area contributed by atoms with E-state index in [2.05, 4.69) is 198 Å². The quantitative estimate of drug-likeness (QED) is 0.0478. The van der Waals surface area contributed by atoms with Gasteiger partial charge in [0.05, 0.1) is 11.4 Å². The van der Waals surface area contributed by atoms with E-state index in [0.29, 0.717) is 0 Å². The number of rotatable bonds is 14. The van der Waals surface area contributed by atoms with Crippen molar-refractivity contribution in [3.8, 4) is 11.4 Å². The first-order valence-electron chi connectivity index (χ1n) is 25.8. The monoisotopic (exact) mass is 983 g/mol. The molecule has 0 saturated carbocycles. The Morgan fingerprint density at radius 2 is 0.716 bits per heavy atom. The normalized spacial score (nSPS) is 11.1. The van der Waals surface area contributed by atoms with Crippen LogP contribution in [0.1, 0.15) is 41.5 Å². The predicted octanol–water partition coefficient (Wildman–Crippen LogP) is 13.2. The molecule has 10 aromatic rings. The molecule has 0 atom stereocenters. The molecular formula is C62H70N12+2. The molecule has 2 aromatic heterocycles. The predicted molar refractivity (Wildman–Crippen MR) is 312 cm³/mol. The summed E-state index contributed by atoms with van der Waals surface area (Å²) in [6, 6.07) is 61.8. The highest BCUT2D eigenvalue weighted by Crippen LogP contribution is 2.28. The van der Waals surface area contributed by atoms with Gasteiger partial charge in [0.15, 0.2) is 0 Å². The maximum absolute atomic E-state index is 6.09. The van der Waals surface area contributed by atoms with E-state index in [1.54, 1.807) is 0 Å². The Morgan fingerprint density at radius 1 is 0.365 bits per heavy atom. The van der Waals surface area contributed by atoms with Crippen molar-refractivity contribution < 1.29 is 9.13 Å². The number of benzene rings is 8. The zero-order valence-corrected chi connectivity index (χ0v) is 44.2. The number of nitrogens with zero attached hydrogens (tertiary/aromatic N) is 10. The Hall–Kier alpha value is -8.64. The standard InChI is InChI=1S/C31H33N6.C22H22N4.C9H14N2/c1-5-35(4)25-16-13-23(14-17-25)33-34-24-15-19-28-30(21-24)37(26-11-9-8-10-12-26)31-22-27(36(6-2)7-3)18-20-29(31)32-28;1-3-25(4-2)18-11-13-20-22(15-18)26(17-8-6-5-7-9-17)21-14-16(23)10-12-19(21)24-20;1-3-11(2)9-6-4-8(10)5-7-9/h8-22H,5-7H2,1-4H3;5-15,23H,3-4H2,1-2H3;4-7H,3,10H2,1-2H3/q+1;;/p+1. The average molecular weight is 983 g/mol. The molecule has 0 radical (unpaired) electrons. The highest BCUT2D eigenvalue weighted by Gasteiger charge is 2.23. The van der Waals surface area contributed by atoms with Crippen LogP contribution in [0.3, 0.4) is 0 Å². The van der Waals surface area contributed by atoms with Gasteiger partial charge in [-0.25, -0.2) is 9.97 Å². The van der Waals surface area contributed by atoms with E-state index in [-0.39, 0.29) is 0 Å². The third kappa shape index (κ3) is 11.8. The Kier molecular flexibility index (Phi) is 16.9. The van der Waals surface area contributed by atoms with Gasteiger partial charge in [0, 0.05) is 136 Å². The smallest absolute Gasteiger partial charge is 0.239 e. The van der Waals surface area contributed by atoms with Gasteiger partial charge in [-0.05, 0) is 139 Å². The number of fused-ring (bicyclic) bond motifs is 4. The molecule has 0 fully saturated rings. The second-order valence-electron chi connectivity index (χ2n) is 18.0. The van der Waals surface area contributed by atoms with Crippen LogP contribution in [0.25, 0.3) is 55.5 Å². The van der Waals surface area contributed by atoms with Crippen molar-refractivity contribution >= 4 is 89.6 Å². The summed E-state index contributed by atoms with van der Waals surface area (Å²) in [4.78, 5) is 18.9. The molecular weight excluding hydrogens is 913 g/mol. The minimum Gasteiger partial charge on any atom is -0.399 e. The molecule has 0 unspecified atom stereocenters. The number of para-hydroxylation sites is 2. The lowest BCUT2D eigenvalue weighted by Gasteiger charge is -2.20. The van der Waals surface area contributed by atoms with E-state index in [0.717, 1.165) is 123 Å². The number of nitrogens with two attached hydrogens (primary N) is 2. The van der Waals surface area contributed by atoms with Gasteiger partial charge in [0.1, 0.15) is 22.1 Å². The van der Waals surface area contributed by atoms with Gasteiger partial charge in [-0.1, -0.05) is 36.4 Å². The molecule has 0 amide bonds. The van der Waals surface area contributed by atoms with Crippen molar-refractivity contribution in [1.29, 1.82) is 0 Å². The number of aromatic nitrogens is 4. The first-order chi connectivity index (χ1) is 36.0. The maximum Gasteiger partial charge on any atom is 0.239 e.